The summed E-state index contributed by atoms with van der Waals surface area (Å²) in [5.74, 6) is -0.879. The Labute approximate surface area is 479 Å². The summed E-state index contributed by atoms with van der Waals surface area (Å²) in [5, 5.41) is 0. The number of hydrogen-bond donors (Lipinski definition) is 0. The van der Waals surface area contributed by atoms with E-state index >= 15 is 0 Å². The second-order valence-electron chi connectivity index (χ2n) is 22.7. The molecular formula is C71H128O6. The van der Waals surface area contributed by atoms with Gasteiger partial charge in [-0.25, -0.2) is 0 Å². The monoisotopic (exact) mass is 1080 g/mol. The molecule has 0 amide bonds. The minimum Gasteiger partial charge on any atom is -0.462 e. The van der Waals surface area contributed by atoms with Crippen molar-refractivity contribution in [3.05, 3.63) is 60.8 Å². The molecule has 0 heterocycles. The van der Waals surface area contributed by atoms with E-state index in [2.05, 4.69) is 81.5 Å². The Balaban J connectivity index is 4.18. The van der Waals surface area contributed by atoms with Crippen molar-refractivity contribution in [2.75, 3.05) is 13.2 Å². The summed E-state index contributed by atoms with van der Waals surface area (Å²) in [6.45, 7) is 6.55. The SMILES string of the molecule is CC/C=C\C/C=C\C/C=C\C/C=C\C/C=C\CCCCCCCC(=O)OC(COC(=O)CCCCCCCCCCCC)COC(=O)CCCCCCCCCCCCCCCCCCCCCCCCCCCCCC. The summed E-state index contributed by atoms with van der Waals surface area (Å²) in [7, 11) is 0. The lowest BCUT2D eigenvalue weighted by molar-refractivity contribution is -0.167. The number of esters is 3. The highest BCUT2D eigenvalue weighted by Crippen LogP contribution is 2.18. The predicted molar refractivity (Wildman–Crippen MR) is 335 cm³/mol. The molecule has 77 heavy (non-hydrogen) atoms. The summed E-state index contributed by atoms with van der Waals surface area (Å²) in [6.07, 6.45) is 84.0. The maximum atomic E-state index is 12.9. The highest BCUT2D eigenvalue weighted by Gasteiger charge is 2.19. The first-order chi connectivity index (χ1) is 38.0. The predicted octanol–water partition coefficient (Wildman–Crippen LogP) is 23.1. The third-order valence-electron chi connectivity index (χ3n) is 15.0. The first-order valence-electron chi connectivity index (χ1n) is 33.8. The number of allylic oxidation sites excluding steroid dienone is 10. The number of rotatable bonds is 62. The second kappa shape index (κ2) is 65.6. The van der Waals surface area contributed by atoms with Crippen LogP contribution in [0.4, 0.5) is 0 Å². The Morgan fingerprint density at radius 1 is 0.273 bits per heavy atom. The number of carbonyl (C=O) groups excluding carboxylic acids is 3. The normalized spacial score (nSPS) is 12.4. The van der Waals surface area contributed by atoms with Gasteiger partial charge in [0.1, 0.15) is 13.2 Å². The van der Waals surface area contributed by atoms with E-state index in [1.54, 1.807) is 0 Å². The van der Waals surface area contributed by atoms with Gasteiger partial charge in [-0.3, -0.25) is 14.4 Å². The van der Waals surface area contributed by atoms with Gasteiger partial charge >= 0.3 is 17.9 Å². The van der Waals surface area contributed by atoms with Gasteiger partial charge in [0.05, 0.1) is 0 Å². The Morgan fingerprint density at radius 3 is 0.792 bits per heavy atom. The lowest BCUT2D eigenvalue weighted by Crippen LogP contribution is -2.30. The Hall–Kier alpha value is -2.89. The van der Waals surface area contributed by atoms with Crippen molar-refractivity contribution in [3.8, 4) is 0 Å². The van der Waals surface area contributed by atoms with Crippen LogP contribution in [0.1, 0.15) is 355 Å². The number of carbonyl (C=O) groups is 3. The first-order valence-corrected chi connectivity index (χ1v) is 33.8. The largest absolute Gasteiger partial charge is 0.462 e. The van der Waals surface area contributed by atoms with Gasteiger partial charge in [-0.1, -0.05) is 332 Å². The smallest absolute Gasteiger partial charge is 0.306 e. The summed E-state index contributed by atoms with van der Waals surface area (Å²) in [5.41, 5.74) is 0. The molecule has 6 nitrogen and oxygen atoms in total. The van der Waals surface area contributed by atoms with Crippen molar-refractivity contribution in [2.45, 2.75) is 361 Å². The van der Waals surface area contributed by atoms with Gasteiger partial charge in [-0.2, -0.15) is 0 Å². The average Bonchev–Trinajstić information content (AvgIpc) is 3.43. The molecule has 0 aliphatic heterocycles. The van der Waals surface area contributed by atoms with Crippen LogP contribution in [0.3, 0.4) is 0 Å². The standard InChI is InChI=1S/C71H128O6/c1-4-7-10-13-16-19-22-24-26-28-30-32-33-34-35-36-37-38-40-41-43-45-47-49-52-55-58-61-64-70(73)76-67-68(66-75-69(72)63-60-57-54-51-21-18-15-12-9-6-3)77-71(74)65-62-59-56-53-50-48-46-44-42-39-31-29-27-25-23-20-17-14-11-8-5-2/h8,11,17,20,25,27,31,39,44,46,68H,4-7,9-10,12-16,18-19,21-24,26,28-30,32-38,40-43,45,47-67H2,1-3H3/b11-8-,20-17-,27-25-,39-31-,46-44-. The topological polar surface area (TPSA) is 78.9 Å². The van der Waals surface area contributed by atoms with E-state index in [1.807, 2.05) is 0 Å². The van der Waals surface area contributed by atoms with Crippen LogP contribution in [0.25, 0.3) is 0 Å². The molecule has 0 bridgehead atoms. The van der Waals surface area contributed by atoms with Crippen molar-refractivity contribution in [3.63, 3.8) is 0 Å². The van der Waals surface area contributed by atoms with Crippen molar-refractivity contribution in [1.82, 2.24) is 0 Å². The lowest BCUT2D eigenvalue weighted by Gasteiger charge is -2.18. The summed E-state index contributed by atoms with van der Waals surface area (Å²) < 4.78 is 16.9. The number of hydrogen-bond acceptors (Lipinski definition) is 6. The van der Waals surface area contributed by atoms with E-state index < -0.39 is 6.10 Å². The van der Waals surface area contributed by atoms with E-state index in [0.717, 1.165) is 109 Å². The molecule has 448 valence electrons. The molecule has 6 heteroatoms. The molecule has 0 saturated carbocycles. The zero-order chi connectivity index (χ0) is 55.7. The second-order valence-corrected chi connectivity index (χ2v) is 22.7. The molecule has 0 saturated heterocycles. The first kappa shape index (κ1) is 74.1. The van der Waals surface area contributed by atoms with Crippen molar-refractivity contribution < 1.29 is 28.6 Å². The molecule has 0 aliphatic carbocycles. The van der Waals surface area contributed by atoms with Gasteiger partial charge in [0.2, 0.25) is 0 Å². The van der Waals surface area contributed by atoms with Crippen LogP contribution in [0, 0.1) is 0 Å². The lowest BCUT2D eigenvalue weighted by atomic mass is 10.0. The van der Waals surface area contributed by atoms with E-state index in [1.165, 1.54) is 205 Å². The van der Waals surface area contributed by atoms with Gasteiger partial charge in [-0.05, 0) is 64.2 Å². The zero-order valence-electron chi connectivity index (χ0n) is 51.5. The quantitative estimate of drug-likeness (QED) is 0.0261. The van der Waals surface area contributed by atoms with Crippen LogP contribution in [-0.2, 0) is 28.6 Å². The van der Waals surface area contributed by atoms with Crippen molar-refractivity contribution >= 4 is 17.9 Å². The van der Waals surface area contributed by atoms with Crippen LogP contribution in [-0.4, -0.2) is 37.2 Å². The molecule has 0 radical (unpaired) electrons. The van der Waals surface area contributed by atoms with E-state index in [-0.39, 0.29) is 31.1 Å². The molecule has 0 N–H and O–H groups in total. The fourth-order valence-corrected chi connectivity index (χ4v) is 10.0. The van der Waals surface area contributed by atoms with Gasteiger partial charge in [-0.15, -0.1) is 0 Å². The average molecular weight is 1080 g/mol. The molecule has 0 aromatic carbocycles. The molecule has 0 fully saturated rings. The van der Waals surface area contributed by atoms with Crippen molar-refractivity contribution in [1.29, 1.82) is 0 Å². The van der Waals surface area contributed by atoms with E-state index in [4.69, 9.17) is 14.2 Å². The molecule has 1 unspecified atom stereocenters. The molecule has 0 spiro atoms. The number of ether oxygens (including phenoxy) is 3. The fourth-order valence-electron chi connectivity index (χ4n) is 10.0. The summed E-state index contributed by atoms with van der Waals surface area (Å²) in [6, 6.07) is 0. The molecule has 0 aromatic heterocycles. The molecule has 1 atom stereocenters. The number of unbranched alkanes of at least 4 members (excludes halogenated alkanes) is 41. The maximum absolute atomic E-state index is 12.9. The van der Waals surface area contributed by atoms with Gasteiger partial charge in [0.15, 0.2) is 6.10 Å². The third kappa shape index (κ3) is 63.8. The molecule has 0 aromatic rings. The van der Waals surface area contributed by atoms with Crippen LogP contribution < -0.4 is 0 Å². The van der Waals surface area contributed by atoms with Gasteiger partial charge in [0, 0.05) is 19.3 Å². The van der Waals surface area contributed by atoms with Gasteiger partial charge < -0.3 is 14.2 Å². The molecule has 0 rings (SSSR count). The highest BCUT2D eigenvalue weighted by atomic mass is 16.6. The summed E-state index contributed by atoms with van der Waals surface area (Å²) >= 11 is 0. The van der Waals surface area contributed by atoms with Crippen LogP contribution in [0.15, 0.2) is 60.8 Å². The van der Waals surface area contributed by atoms with E-state index in [0.29, 0.717) is 19.3 Å². The Bertz CT molecular complexity index is 1380. The highest BCUT2D eigenvalue weighted by molar-refractivity contribution is 5.71. The molecule has 0 aliphatic rings. The van der Waals surface area contributed by atoms with Crippen molar-refractivity contribution in [2.24, 2.45) is 0 Å². The Kier molecular flexibility index (Phi) is 63.2. The molecular weight excluding hydrogens is 949 g/mol. The van der Waals surface area contributed by atoms with E-state index in [9.17, 15) is 14.4 Å². The van der Waals surface area contributed by atoms with Crippen LogP contribution in [0.5, 0.6) is 0 Å². The minimum absolute atomic E-state index is 0.0779. The summed E-state index contributed by atoms with van der Waals surface area (Å²) in [4.78, 5) is 38.3. The third-order valence-corrected chi connectivity index (χ3v) is 15.0. The van der Waals surface area contributed by atoms with Gasteiger partial charge in [0.25, 0.3) is 0 Å². The van der Waals surface area contributed by atoms with Crippen LogP contribution >= 0.6 is 0 Å². The maximum Gasteiger partial charge on any atom is 0.306 e. The van der Waals surface area contributed by atoms with Crippen LogP contribution in [0.2, 0.25) is 0 Å². The minimum atomic E-state index is -0.782. The fraction of sp³-hybridized carbons (Fsp3) is 0.817. The zero-order valence-corrected chi connectivity index (χ0v) is 51.5. The Morgan fingerprint density at radius 2 is 0.506 bits per heavy atom.